The predicted molar refractivity (Wildman–Crippen MR) is 71.9 cm³/mol. The summed E-state index contributed by atoms with van der Waals surface area (Å²) >= 11 is 0. The second kappa shape index (κ2) is 5.88. The van der Waals surface area contributed by atoms with Gasteiger partial charge in [-0.3, -0.25) is 10.1 Å². The van der Waals surface area contributed by atoms with Crippen LogP contribution in [0.3, 0.4) is 0 Å². The maximum Gasteiger partial charge on any atom is 0.249 e. The van der Waals surface area contributed by atoms with E-state index in [4.69, 9.17) is 4.74 Å². The van der Waals surface area contributed by atoms with Gasteiger partial charge in [-0.05, 0) is 6.08 Å². The molecule has 0 aliphatic carbocycles. The van der Waals surface area contributed by atoms with Gasteiger partial charge in [0.1, 0.15) is 12.4 Å². The Bertz CT molecular complexity index is 442. The lowest BCUT2D eigenvalue weighted by Crippen LogP contribution is -2.54. The molecule has 0 bridgehead atoms. The van der Waals surface area contributed by atoms with Gasteiger partial charge in [-0.2, -0.15) is 0 Å². The molecule has 6 heteroatoms. The summed E-state index contributed by atoms with van der Waals surface area (Å²) < 4.78 is 5.68. The van der Waals surface area contributed by atoms with Crippen molar-refractivity contribution in [3.05, 3.63) is 46.0 Å². The Balaban J connectivity index is 2.33. The van der Waals surface area contributed by atoms with Crippen LogP contribution in [0.15, 0.2) is 35.9 Å². The molecule has 0 saturated carbocycles. The molecule has 6 nitrogen and oxygen atoms in total. The van der Waals surface area contributed by atoms with Crippen LogP contribution in [0.1, 0.15) is 13.3 Å². The van der Waals surface area contributed by atoms with Crippen molar-refractivity contribution < 1.29 is 9.66 Å². The average Bonchev–Trinajstić information content (AvgIpc) is 2.43. The number of allylic oxidation sites excluding steroid dienone is 3. The summed E-state index contributed by atoms with van der Waals surface area (Å²) in [5.41, 5.74) is 1.01. The Hall–Kier alpha value is -1.82. The number of piperazine rings is 1. The smallest absolute Gasteiger partial charge is 0.249 e. The molecule has 1 N–H and O–H groups in total. The number of ether oxygens (including phenoxy) is 1. The molecule has 1 saturated heterocycles. The third-order valence-corrected chi connectivity index (χ3v) is 3.43. The van der Waals surface area contributed by atoms with Gasteiger partial charge in [-0.25, -0.2) is 0 Å². The van der Waals surface area contributed by atoms with Crippen LogP contribution in [0.4, 0.5) is 0 Å². The molecule has 2 aliphatic rings. The van der Waals surface area contributed by atoms with Gasteiger partial charge in [0, 0.05) is 26.1 Å². The zero-order chi connectivity index (χ0) is 13.8. The Kier molecular flexibility index (Phi) is 4.21. The summed E-state index contributed by atoms with van der Waals surface area (Å²) in [6.45, 7) is 8.75. The molecule has 2 heterocycles. The standard InChI is InChI=1S/C13H19N3O3/c1-3-10(16(17)18)7-13-12(4-2)15-6-5-14-8-11(15)9-19-13/h4,7,11,14H,2-3,5-6,8-9H2,1H3/b10-7+. The van der Waals surface area contributed by atoms with E-state index in [-0.39, 0.29) is 16.7 Å². The van der Waals surface area contributed by atoms with Gasteiger partial charge < -0.3 is 15.0 Å². The lowest BCUT2D eigenvalue weighted by Gasteiger charge is -2.42. The van der Waals surface area contributed by atoms with Crippen LogP contribution in [-0.2, 0) is 4.74 Å². The van der Waals surface area contributed by atoms with Gasteiger partial charge in [0.15, 0.2) is 0 Å². The maximum absolute atomic E-state index is 10.9. The summed E-state index contributed by atoms with van der Waals surface area (Å²) in [4.78, 5) is 12.7. The second-order valence-electron chi connectivity index (χ2n) is 4.56. The number of hydrogen-bond acceptors (Lipinski definition) is 5. The van der Waals surface area contributed by atoms with Crippen LogP contribution in [0.25, 0.3) is 0 Å². The highest BCUT2D eigenvalue weighted by Gasteiger charge is 2.30. The topological polar surface area (TPSA) is 67.6 Å². The minimum absolute atomic E-state index is 0.155. The van der Waals surface area contributed by atoms with Crippen molar-refractivity contribution in [3.63, 3.8) is 0 Å². The second-order valence-corrected chi connectivity index (χ2v) is 4.56. The average molecular weight is 265 g/mol. The van der Waals surface area contributed by atoms with E-state index < -0.39 is 0 Å². The molecule has 0 radical (unpaired) electrons. The molecule has 1 atom stereocenters. The first-order valence-electron chi connectivity index (χ1n) is 6.49. The third-order valence-electron chi connectivity index (χ3n) is 3.43. The van der Waals surface area contributed by atoms with Crippen LogP contribution >= 0.6 is 0 Å². The van der Waals surface area contributed by atoms with E-state index >= 15 is 0 Å². The molecule has 1 fully saturated rings. The van der Waals surface area contributed by atoms with E-state index in [0.29, 0.717) is 18.8 Å². The van der Waals surface area contributed by atoms with Crippen molar-refractivity contribution >= 4 is 0 Å². The van der Waals surface area contributed by atoms with Gasteiger partial charge in [0.05, 0.1) is 22.7 Å². The summed E-state index contributed by atoms with van der Waals surface area (Å²) in [6, 6.07) is 0.277. The van der Waals surface area contributed by atoms with Crippen molar-refractivity contribution in [3.8, 4) is 0 Å². The van der Waals surface area contributed by atoms with Crippen molar-refractivity contribution in [2.24, 2.45) is 0 Å². The largest absolute Gasteiger partial charge is 0.489 e. The maximum atomic E-state index is 10.9. The monoisotopic (exact) mass is 265 g/mol. The lowest BCUT2D eigenvalue weighted by atomic mass is 10.1. The summed E-state index contributed by atoms with van der Waals surface area (Å²) in [7, 11) is 0. The lowest BCUT2D eigenvalue weighted by molar-refractivity contribution is -0.427. The van der Waals surface area contributed by atoms with E-state index in [0.717, 1.165) is 25.3 Å². The highest BCUT2D eigenvalue weighted by atomic mass is 16.6. The van der Waals surface area contributed by atoms with Crippen LogP contribution < -0.4 is 5.32 Å². The van der Waals surface area contributed by atoms with E-state index in [1.165, 1.54) is 6.08 Å². The van der Waals surface area contributed by atoms with Crippen LogP contribution in [0, 0.1) is 10.1 Å². The van der Waals surface area contributed by atoms with E-state index in [2.05, 4.69) is 16.8 Å². The van der Waals surface area contributed by atoms with Crippen LogP contribution in [0.5, 0.6) is 0 Å². The predicted octanol–water partition coefficient (Wildman–Crippen LogP) is 1.26. The normalized spacial score (nSPS) is 23.7. The minimum atomic E-state index is -0.360. The van der Waals surface area contributed by atoms with E-state index in [1.54, 1.807) is 13.0 Å². The van der Waals surface area contributed by atoms with Gasteiger partial charge >= 0.3 is 0 Å². The van der Waals surface area contributed by atoms with Crippen molar-refractivity contribution in [1.29, 1.82) is 0 Å². The van der Waals surface area contributed by atoms with E-state index in [1.807, 2.05) is 0 Å². The number of rotatable bonds is 4. The van der Waals surface area contributed by atoms with Crippen molar-refractivity contribution in [2.45, 2.75) is 19.4 Å². The molecule has 2 rings (SSSR count). The highest BCUT2D eigenvalue weighted by Crippen LogP contribution is 2.25. The first-order valence-corrected chi connectivity index (χ1v) is 6.49. The van der Waals surface area contributed by atoms with Crippen LogP contribution in [0.2, 0.25) is 0 Å². The zero-order valence-electron chi connectivity index (χ0n) is 11.1. The molecule has 2 aliphatic heterocycles. The molecular weight excluding hydrogens is 246 g/mol. The van der Waals surface area contributed by atoms with Gasteiger partial charge in [0.2, 0.25) is 5.70 Å². The fourth-order valence-electron chi connectivity index (χ4n) is 2.40. The molecule has 0 spiro atoms. The molecule has 1 unspecified atom stereocenters. The van der Waals surface area contributed by atoms with Gasteiger partial charge in [-0.1, -0.05) is 13.5 Å². The molecule has 0 aromatic carbocycles. The minimum Gasteiger partial charge on any atom is -0.489 e. The fourth-order valence-corrected chi connectivity index (χ4v) is 2.40. The number of hydrogen-bond donors (Lipinski definition) is 1. The number of fused-ring (bicyclic) bond motifs is 1. The quantitative estimate of drug-likeness (QED) is 0.612. The summed E-state index contributed by atoms with van der Waals surface area (Å²) in [6.07, 6.45) is 3.61. The third kappa shape index (κ3) is 2.78. The molecule has 19 heavy (non-hydrogen) atoms. The Labute approximate surface area is 112 Å². The fraction of sp³-hybridized carbons (Fsp3) is 0.538. The molecule has 0 amide bonds. The number of nitro groups is 1. The Morgan fingerprint density at radius 2 is 2.53 bits per heavy atom. The van der Waals surface area contributed by atoms with Crippen molar-refractivity contribution in [2.75, 3.05) is 26.2 Å². The molecular formula is C13H19N3O3. The number of nitrogens with one attached hydrogen (secondary N) is 1. The van der Waals surface area contributed by atoms with E-state index in [9.17, 15) is 10.1 Å². The Morgan fingerprint density at radius 3 is 3.16 bits per heavy atom. The summed E-state index contributed by atoms with van der Waals surface area (Å²) in [5.74, 6) is 0.557. The van der Waals surface area contributed by atoms with Gasteiger partial charge in [-0.15, -0.1) is 0 Å². The SMILES string of the molecule is C=CC1=C(/C=C(\CC)[N+](=O)[O-])OCC2CNCCN12. The molecule has 0 aromatic rings. The highest BCUT2D eigenvalue weighted by molar-refractivity contribution is 5.31. The first kappa shape index (κ1) is 13.6. The summed E-state index contributed by atoms with van der Waals surface area (Å²) in [5, 5.41) is 14.2. The van der Waals surface area contributed by atoms with Crippen LogP contribution in [-0.4, -0.2) is 42.1 Å². The number of nitrogens with zero attached hydrogens (tertiary/aromatic N) is 2. The molecule has 104 valence electrons. The zero-order valence-corrected chi connectivity index (χ0v) is 11.1. The first-order chi connectivity index (χ1) is 9.17. The Morgan fingerprint density at radius 1 is 1.74 bits per heavy atom. The van der Waals surface area contributed by atoms with Gasteiger partial charge in [0.25, 0.3) is 0 Å². The molecule has 0 aromatic heterocycles. The van der Waals surface area contributed by atoms with Crippen molar-refractivity contribution in [1.82, 2.24) is 10.2 Å².